The molecule has 2 aliphatic rings. The SMILES string of the molecule is COCC(NC(=O)C1CC12CCc1ccccc12)C(=O)O. The molecule has 2 N–H and O–H groups in total. The van der Waals surface area contributed by atoms with Crippen LogP contribution in [0.4, 0.5) is 0 Å². The smallest absolute Gasteiger partial charge is 0.328 e. The van der Waals surface area contributed by atoms with Gasteiger partial charge in [0.05, 0.1) is 6.61 Å². The molecule has 1 aromatic carbocycles. The van der Waals surface area contributed by atoms with Crippen molar-refractivity contribution in [3.05, 3.63) is 35.4 Å². The van der Waals surface area contributed by atoms with Crippen LogP contribution in [0.3, 0.4) is 0 Å². The van der Waals surface area contributed by atoms with Crippen LogP contribution in [0.25, 0.3) is 0 Å². The number of carbonyl (C=O) groups excluding carboxylic acids is 1. The van der Waals surface area contributed by atoms with Crippen molar-refractivity contribution < 1.29 is 19.4 Å². The molecule has 0 radical (unpaired) electrons. The second kappa shape index (κ2) is 5.15. The van der Waals surface area contributed by atoms with Crippen molar-refractivity contribution in [3.8, 4) is 0 Å². The molecule has 3 unspecified atom stereocenters. The summed E-state index contributed by atoms with van der Waals surface area (Å²) in [5.74, 6) is -1.34. The summed E-state index contributed by atoms with van der Waals surface area (Å²) in [6, 6.07) is 7.26. The van der Waals surface area contributed by atoms with Crippen molar-refractivity contribution >= 4 is 11.9 Å². The molecule has 2 aliphatic carbocycles. The summed E-state index contributed by atoms with van der Waals surface area (Å²) in [4.78, 5) is 23.4. The first-order valence-electron chi connectivity index (χ1n) is 7.19. The maximum Gasteiger partial charge on any atom is 0.328 e. The van der Waals surface area contributed by atoms with Crippen molar-refractivity contribution in [1.82, 2.24) is 5.32 Å². The average Bonchev–Trinajstić information content (AvgIpc) is 3.09. The highest BCUT2D eigenvalue weighted by Crippen LogP contribution is 2.61. The standard InChI is InChI=1S/C16H19NO4/c1-21-9-13(15(19)20)17-14(18)12-8-16(12)7-6-10-4-2-3-5-11(10)16/h2-5,12-13H,6-9H2,1H3,(H,17,18)(H,19,20). The first kappa shape index (κ1) is 14.1. The van der Waals surface area contributed by atoms with E-state index in [0.29, 0.717) is 0 Å². The number of rotatable bonds is 5. The third-order valence-electron chi connectivity index (χ3n) is 4.73. The van der Waals surface area contributed by atoms with Crippen molar-refractivity contribution in [2.75, 3.05) is 13.7 Å². The van der Waals surface area contributed by atoms with E-state index in [9.17, 15) is 9.59 Å². The number of amides is 1. The Morgan fingerprint density at radius 2 is 2.24 bits per heavy atom. The van der Waals surface area contributed by atoms with E-state index >= 15 is 0 Å². The summed E-state index contributed by atoms with van der Waals surface area (Å²) in [6.07, 6.45) is 2.79. The molecule has 1 spiro atoms. The van der Waals surface area contributed by atoms with Gasteiger partial charge in [-0.2, -0.15) is 0 Å². The molecule has 1 amide bonds. The quantitative estimate of drug-likeness (QED) is 0.851. The number of aliphatic carboxylic acids is 1. The molecule has 21 heavy (non-hydrogen) atoms. The summed E-state index contributed by atoms with van der Waals surface area (Å²) in [6.45, 7) is -0.0165. The van der Waals surface area contributed by atoms with Gasteiger partial charge in [0, 0.05) is 18.4 Å². The summed E-state index contributed by atoms with van der Waals surface area (Å²) in [7, 11) is 1.42. The van der Waals surface area contributed by atoms with Gasteiger partial charge in [0.1, 0.15) is 0 Å². The average molecular weight is 289 g/mol. The number of carbonyl (C=O) groups is 2. The van der Waals surface area contributed by atoms with Gasteiger partial charge in [-0.1, -0.05) is 24.3 Å². The Hall–Kier alpha value is -1.88. The zero-order chi connectivity index (χ0) is 15.0. The molecule has 3 rings (SSSR count). The molecule has 112 valence electrons. The predicted octanol–water partition coefficient (Wildman–Crippen LogP) is 1.11. The van der Waals surface area contributed by atoms with E-state index < -0.39 is 12.0 Å². The Kier molecular flexibility index (Phi) is 3.45. The van der Waals surface area contributed by atoms with Crippen LogP contribution in [0.5, 0.6) is 0 Å². The Balaban J connectivity index is 1.71. The van der Waals surface area contributed by atoms with Gasteiger partial charge in [-0.25, -0.2) is 4.79 Å². The molecule has 1 aromatic rings. The molecule has 0 bridgehead atoms. The Labute approximate surface area is 123 Å². The predicted molar refractivity (Wildman–Crippen MR) is 76.0 cm³/mol. The van der Waals surface area contributed by atoms with Crippen LogP contribution in [0.1, 0.15) is 24.0 Å². The molecule has 5 heteroatoms. The molecule has 0 saturated heterocycles. The summed E-state index contributed by atoms with van der Waals surface area (Å²) in [5, 5.41) is 11.7. The zero-order valence-electron chi connectivity index (χ0n) is 12.0. The fourth-order valence-corrected chi connectivity index (χ4v) is 3.55. The third kappa shape index (κ3) is 2.31. The fourth-order valence-electron chi connectivity index (χ4n) is 3.55. The number of hydrogen-bond acceptors (Lipinski definition) is 3. The van der Waals surface area contributed by atoms with Crippen molar-refractivity contribution in [1.29, 1.82) is 0 Å². The van der Waals surface area contributed by atoms with Crippen LogP contribution >= 0.6 is 0 Å². The van der Waals surface area contributed by atoms with Crippen LogP contribution in [0.2, 0.25) is 0 Å². The Morgan fingerprint density at radius 1 is 1.48 bits per heavy atom. The molecule has 0 aromatic heterocycles. The topological polar surface area (TPSA) is 75.6 Å². The van der Waals surface area contributed by atoms with Crippen LogP contribution < -0.4 is 5.32 Å². The molecule has 0 aliphatic heterocycles. The van der Waals surface area contributed by atoms with E-state index in [4.69, 9.17) is 9.84 Å². The minimum atomic E-state index is -1.06. The first-order chi connectivity index (χ1) is 10.1. The van der Waals surface area contributed by atoms with E-state index in [1.165, 1.54) is 18.2 Å². The lowest BCUT2D eigenvalue weighted by molar-refractivity contribution is -0.143. The number of ether oxygens (including phenoxy) is 1. The van der Waals surface area contributed by atoms with Gasteiger partial charge < -0.3 is 15.2 Å². The number of benzene rings is 1. The molecule has 0 heterocycles. The lowest BCUT2D eigenvalue weighted by atomic mass is 9.95. The van der Waals surface area contributed by atoms with E-state index in [1.54, 1.807) is 0 Å². The lowest BCUT2D eigenvalue weighted by Gasteiger charge is -2.15. The van der Waals surface area contributed by atoms with Gasteiger partial charge in [0.15, 0.2) is 6.04 Å². The normalized spacial score (nSPS) is 27.2. The molecule has 5 nitrogen and oxygen atoms in total. The molecule has 1 fully saturated rings. The lowest BCUT2D eigenvalue weighted by Crippen LogP contribution is -2.45. The van der Waals surface area contributed by atoms with Crippen molar-refractivity contribution in [2.24, 2.45) is 5.92 Å². The van der Waals surface area contributed by atoms with Gasteiger partial charge in [-0.05, 0) is 30.4 Å². The van der Waals surface area contributed by atoms with Crippen LogP contribution in [0.15, 0.2) is 24.3 Å². The summed E-state index contributed by atoms with van der Waals surface area (Å²) >= 11 is 0. The molecule has 1 saturated carbocycles. The second-order valence-corrected chi connectivity index (χ2v) is 5.92. The number of fused-ring (bicyclic) bond motifs is 2. The van der Waals surface area contributed by atoms with Crippen LogP contribution in [-0.4, -0.2) is 36.7 Å². The van der Waals surface area contributed by atoms with Gasteiger partial charge in [0.25, 0.3) is 0 Å². The summed E-state index contributed by atoms with van der Waals surface area (Å²) < 4.78 is 4.84. The van der Waals surface area contributed by atoms with E-state index in [-0.39, 0.29) is 23.8 Å². The first-order valence-corrected chi connectivity index (χ1v) is 7.19. The monoisotopic (exact) mass is 289 g/mol. The second-order valence-electron chi connectivity index (χ2n) is 5.92. The zero-order valence-corrected chi connectivity index (χ0v) is 12.0. The molecular weight excluding hydrogens is 270 g/mol. The maximum atomic E-state index is 12.3. The highest BCUT2D eigenvalue weighted by Gasteiger charge is 2.61. The van der Waals surface area contributed by atoms with E-state index in [2.05, 4.69) is 17.4 Å². The van der Waals surface area contributed by atoms with E-state index in [0.717, 1.165) is 19.3 Å². The number of aryl methyl sites for hydroxylation is 1. The molecular formula is C16H19NO4. The van der Waals surface area contributed by atoms with Gasteiger partial charge in [0.2, 0.25) is 5.91 Å². The maximum absolute atomic E-state index is 12.3. The number of methoxy groups -OCH3 is 1. The minimum absolute atomic E-state index is 0.0165. The third-order valence-corrected chi connectivity index (χ3v) is 4.73. The highest BCUT2D eigenvalue weighted by molar-refractivity contribution is 5.89. The Morgan fingerprint density at radius 3 is 2.95 bits per heavy atom. The minimum Gasteiger partial charge on any atom is -0.480 e. The largest absolute Gasteiger partial charge is 0.480 e. The number of carboxylic acids is 1. The van der Waals surface area contributed by atoms with Gasteiger partial charge in [-0.3, -0.25) is 4.79 Å². The molecule has 3 atom stereocenters. The van der Waals surface area contributed by atoms with Crippen LogP contribution in [0, 0.1) is 5.92 Å². The van der Waals surface area contributed by atoms with Crippen molar-refractivity contribution in [3.63, 3.8) is 0 Å². The highest BCUT2D eigenvalue weighted by atomic mass is 16.5. The Bertz CT molecular complexity index is 585. The number of hydrogen-bond donors (Lipinski definition) is 2. The van der Waals surface area contributed by atoms with Gasteiger partial charge >= 0.3 is 5.97 Å². The van der Waals surface area contributed by atoms with E-state index in [1.807, 2.05) is 12.1 Å². The fraction of sp³-hybridized carbons (Fsp3) is 0.500. The van der Waals surface area contributed by atoms with Crippen LogP contribution in [-0.2, 0) is 26.2 Å². The number of nitrogens with one attached hydrogen (secondary N) is 1. The number of carboxylic acid groups (broad SMARTS) is 1. The van der Waals surface area contributed by atoms with Crippen molar-refractivity contribution in [2.45, 2.75) is 30.7 Å². The summed E-state index contributed by atoms with van der Waals surface area (Å²) in [5.41, 5.74) is 2.53. The van der Waals surface area contributed by atoms with Gasteiger partial charge in [-0.15, -0.1) is 0 Å².